The first-order valence-electron chi connectivity index (χ1n) is 5.28. The number of rotatable bonds is 2. The van der Waals surface area contributed by atoms with Gasteiger partial charge in [0.2, 0.25) is 11.8 Å². The van der Waals surface area contributed by atoms with Gasteiger partial charge in [-0.2, -0.15) is 4.98 Å². The SMILES string of the molecule is Cc1ccc(C)c(Oc2nc(N)[nH]c(=O)c2Br)c1. The van der Waals surface area contributed by atoms with Crippen LogP contribution in [-0.4, -0.2) is 9.97 Å². The van der Waals surface area contributed by atoms with Gasteiger partial charge in [0.15, 0.2) is 0 Å². The topological polar surface area (TPSA) is 81.0 Å². The normalized spacial score (nSPS) is 10.4. The average Bonchev–Trinajstić information content (AvgIpc) is 2.30. The number of anilines is 1. The lowest BCUT2D eigenvalue weighted by atomic mass is 10.1. The molecule has 3 N–H and O–H groups in total. The van der Waals surface area contributed by atoms with Crippen LogP contribution in [0, 0.1) is 13.8 Å². The second-order valence-electron chi connectivity index (χ2n) is 3.94. The Labute approximate surface area is 112 Å². The molecule has 0 bridgehead atoms. The number of aromatic amines is 1. The smallest absolute Gasteiger partial charge is 0.270 e. The number of benzene rings is 1. The first kappa shape index (κ1) is 12.6. The van der Waals surface area contributed by atoms with Gasteiger partial charge in [0.25, 0.3) is 5.56 Å². The molecule has 0 radical (unpaired) electrons. The molecule has 2 rings (SSSR count). The van der Waals surface area contributed by atoms with Gasteiger partial charge in [0.05, 0.1) is 0 Å². The predicted molar refractivity (Wildman–Crippen MR) is 73.0 cm³/mol. The fourth-order valence-corrected chi connectivity index (χ4v) is 1.71. The van der Waals surface area contributed by atoms with Crippen molar-refractivity contribution in [3.63, 3.8) is 0 Å². The molecule has 1 aromatic heterocycles. The fraction of sp³-hybridized carbons (Fsp3) is 0.167. The third-order valence-corrected chi connectivity index (χ3v) is 3.10. The summed E-state index contributed by atoms with van der Waals surface area (Å²) >= 11 is 3.13. The molecule has 0 atom stereocenters. The molecule has 5 nitrogen and oxygen atoms in total. The minimum absolute atomic E-state index is 0.0171. The van der Waals surface area contributed by atoms with Crippen molar-refractivity contribution in [3.05, 3.63) is 44.2 Å². The van der Waals surface area contributed by atoms with Gasteiger partial charge in [-0.3, -0.25) is 9.78 Å². The summed E-state index contributed by atoms with van der Waals surface area (Å²) in [5.74, 6) is 0.821. The van der Waals surface area contributed by atoms with Gasteiger partial charge in [0, 0.05) is 0 Å². The highest BCUT2D eigenvalue weighted by Gasteiger charge is 2.11. The van der Waals surface area contributed by atoms with Crippen molar-refractivity contribution >= 4 is 21.9 Å². The zero-order valence-electron chi connectivity index (χ0n) is 9.95. The van der Waals surface area contributed by atoms with Gasteiger partial charge >= 0.3 is 0 Å². The van der Waals surface area contributed by atoms with E-state index in [2.05, 4.69) is 25.9 Å². The molecule has 1 heterocycles. The molecule has 6 heteroatoms. The Balaban J connectivity index is 2.46. The van der Waals surface area contributed by atoms with Crippen LogP contribution in [0.5, 0.6) is 11.6 Å². The summed E-state index contributed by atoms with van der Waals surface area (Å²) in [5.41, 5.74) is 7.12. The highest BCUT2D eigenvalue weighted by atomic mass is 79.9. The van der Waals surface area contributed by atoms with Crippen LogP contribution >= 0.6 is 15.9 Å². The van der Waals surface area contributed by atoms with Crippen LogP contribution in [0.15, 0.2) is 27.5 Å². The van der Waals surface area contributed by atoms with Crippen LogP contribution in [0.4, 0.5) is 5.95 Å². The van der Waals surface area contributed by atoms with Crippen molar-refractivity contribution in [2.75, 3.05) is 5.73 Å². The summed E-state index contributed by atoms with van der Waals surface area (Å²) in [7, 11) is 0. The standard InChI is InChI=1S/C12H12BrN3O2/c1-6-3-4-7(2)8(5-6)18-11-9(13)10(17)15-12(14)16-11/h3-5H,1-2H3,(H3,14,15,16,17). The van der Waals surface area contributed by atoms with Gasteiger partial charge in [-0.25, -0.2) is 0 Å². The fourth-order valence-electron chi connectivity index (χ4n) is 1.44. The maximum absolute atomic E-state index is 11.5. The number of aromatic nitrogens is 2. The van der Waals surface area contributed by atoms with Crippen molar-refractivity contribution in [2.24, 2.45) is 0 Å². The van der Waals surface area contributed by atoms with Crippen LogP contribution in [-0.2, 0) is 0 Å². The third kappa shape index (κ3) is 2.53. The average molecular weight is 310 g/mol. The Morgan fingerprint density at radius 2 is 2.11 bits per heavy atom. The van der Waals surface area contributed by atoms with Crippen molar-refractivity contribution in [1.82, 2.24) is 9.97 Å². The Kier molecular flexibility index (Phi) is 3.38. The van der Waals surface area contributed by atoms with Crippen LogP contribution in [0.2, 0.25) is 0 Å². The van der Waals surface area contributed by atoms with E-state index < -0.39 is 0 Å². The van der Waals surface area contributed by atoms with Crippen LogP contribution in [0.3, 0.4) is 0 Å². The second-order valence-corrected chi connectivity index (χ2v) is 4.73. The van der Waals surface area contributed by atoms with E-state index in [0.717, 1.165) is 11.1 Å². The van der Waals surface area contributed by atoms with Gasteiger partial charge in [0.1, 0.15) is 10.2 Å². The highest BCUT2D eigenvalue weighted by Crippen LogP contribution is 2.28. The van der Waals surface area contributed by atoms with Crippen LogP contribution in [0.1, 0.15) is 11.1 Å². The molecule has 0 aliphatic carbocycles. The molecule has 94 valence electrons. The summed E-state index contributed by atoms with van der Waals surface area (Å²) in [6.45, 7) is 3.88. The summed E-state index contributed by atoms with van der Waals surface area (Å²) in [6.07, 6.45) is 0. The minimum Gasteiger partial charge on any atom is -0.437 e. The van der Waals surface area contributed by atoms with Crippen molar-refractivity contribution in [1.29, 1.82) is 0 Å². The van der Waals surface area contributed by atoms with Gasteiger partial charge in [-0.1, -0.05) is 12.1 Å². The monoisotopic (exact) mass is 309 g/mol. The molecule has 0 saturated carbocycles. The number of nitrogens with two attached hydrogens (primary N) is 1. The Hall–Kier alpha value is -1.82. The van der Waals surface area contributed by atoms with Crippen molar-refractivity contribution in [3.8, 4) is 11.6 Å². The first-order chi connectivity index (χ1) is 8.47. The van der Waals surface area contributed by atoms with E-state index in [9.17, 15) is 4.79 Å². The zero-order chi connectivity index (χ0) is 13.3. The number of aryl methyl sites for hydroxylation is 2. The van der Waals surface area contributed by atoms with Gasteiger partial charge in [-0.15, -0.1) is 0 Å². The molecule has 0 aliphatic heterocycles. The Bertz CT molecular complexity index is 652. The number of hydrogen-bond donors (Lipinski definition) is 2. The van der Waals surface area contributed by atoms with E-state index in [1.165, 1.54) is 0 Å². The molecular formula is C12H12BrN3O2. The zero-order valence-corrected chi connectivity index (χ0v) is 11.5. The summed E-state index contributed by atoms with van der Waals surface area (Å²) < 4.78 is 5.84. The lowest BCUT2D eigenvalue weighted by molar-refractivity contribution is 0.454. The number of H-pyrrole nitrogens is 1. The van der Waals surface area contributed by atoms with E-state index in [1.807, 2.05) is 32.0 Å². The quantitative estimate of drug-likeness (QED) is 0.893. The lowest BCUT2D eigenvalue weighted by Crippen LogP contribution is -2.13. The lowest BCUT2D eigenvalue weighted by Gasteiger charge is -2.09. The molecule has 2 aromatic rings. The summed E-state index contributed by atoms with van der Waals surface area (Å²) in [5, 5.41) is 0. The molecule has 0 spiro atoms. The van der Waals surface area contributed by atoms with Crippen molar-refractivity contribution < 1.29 is 4.74 Å². The highest BCUT2D eigenvalue weighted by molar-refractivity contribution is 9.10. The summed E-state index contributed by atoms with van der Waals surface area (Å²) in [4.78, 5) is 17.8. The van der Waals surface area contributed by atoms with Crippen molar-refractivity contribution in [2.45, 2.75) is 13.8 Å². The molecule has 1 aromatic carbocycles. The van der Waals surface area contributed by atoms with E-state index in [1.54, 1.807) is 0 Å². The maximum Gasteiger partial charge on any atom is 0.270 e. The van der Waals surface area contributed by atoms with Crippen LogP contribution in [0.25, 0.3) is 0 Å². The van der Waals surface area contributed by atoms with E-state index in [4.69, 9.17) is 10.5 Å². The van der Waals surface area contributed by atoms with E-state index in [-0.39, 0.29) is 21.9 Å². The number of nitrogen functional groups attached to an aromatic ring is 1. The minimum atomic E-state index is -0.372. The Morgan fingerprint density at radius 3 is 2.83 bits per heavy atom. The molecule has 0 amide bonds. The van der Waals surface area contributed by atoms with E-state index in [0.29, 0.717) is 5.75 Å². The molecule has 0 unspecified atom stereocenters. The molecule has 0 aliphatic rings. The molecule has 0 fully saturated rings. The van der Waals surface area contributed by atoms with Crippen LogP contribution < -0.4 is 16.0 Å². The molecule has 18 heavy (non-hydrogen) atoms. The maximum atomic E-state index is 11.5. The van der Waals surface area contributed by atoms with Gasteiger partial charge in [-0.05, 0) is 47.0 Å². The third-order valence-electron chi connectivity index (χ3n) is 2.40. The number of hydrogen-bond acceptors (Lipinski definition) is 4. The summed E-state index contributed by atoms with van der Waals surface area (Å²) in [6, 6.07) is 5.80. The molecular weight excluding hydrogens is 298 g/mol. The number of ether oxygens (including phenoxy) is 1. The molecule has 0 saturated heterocycles. The second kappa shape index (κ2) is 4.81. The Morgan fingerprint density at radius 1 is 1.39 bits per heavy atom. The first-order valence-corrected chi connectivity index (χ1v) is 6.07. The van der Waals surface area contributed by atoms with Gasteiger partial charge < -0.3 is 10.5 Å². The number of nitrogens with zero attached hydrogens (tertiary/aromatic N) is 1. The largest absolute Gasteiger partial charge is 0.437 e. The number of nitrogens with one attached hydrogen (secondary N) is 1. The number of halogens is 1. The predicted octanol–water partition coefficient (Wildman–Crippen LogP) is 2.52. The van der Waals surface area contributed by atoms with E-state index >= 15 is 0 Å².